The third kappa shape index (κ3) is 1.71. The van der Waals surface area contributed by atoms with Gasteiger partial charge in [0.2, 0.25) is 0 Å². The Labute approximate surface area is 111 Å². The molecule has 0 aromatic rings. The first kappa shape index (κ1) is 13.8. The van der Waals surface area contributed by atoms with E-state index in [0.29, 0.717) is 6.42 Å². The van der Waals surface area contributed by atoms with Crippen LogP contribution in [0.15, 0.2) is 12.2 Å². The summed E-state index contributed by atoms with van der Waals surface area (Å²) in [6.07, 6.45) is 2.49. The number of carbonyl (C=O) groups is 1. The molecule has 10 heteroatoms. The third-order valence-electron chi connectivity index (χ3n) is 4.07. The van der Waals surface area contributed by atoms with Crippen LogP contribution in [0, 0.1) is 23.7 Å². The highest BCUT2D eigenvalue weighted by Gasteiger charge is 2.62. The lowest BCUT2D eigenvalue weighted by molar-refractivity contribution is -0.187. The molecule has 0 radical (unpaired) electrons. The quantitative estimate of drug-likeness (QED) is 0.588. The number of hydrogen-bond donors (Lipinski definition) is 1. The van der Waals surface area contributed by atoms with Crippen molar-refractivity contribution in [2.75, 3.05) is 0 Å². The molecule has 1 saturated carbocycles. The fraction of sp³-hybridized carbons (Fsp3) is 0.700. The van der Waals surface area contributed by atoms with Crippen LogP contribution in [0.3, 0.4) is 0 Å². The van der Waals surface area contributed by atoms with Crippen LogP contribution in [0.1, 0.15) is 6.42 Å². The Balaban J connectivity index is 1.86. The monoisotopic (exact) mass is 313 g/mol. The highest BCUT2D eigenvalue weighted by atomic mass is 32.2. The number of fused-ring (bicyclic) bond motifs is 5. The van der Waals surface area contributed by atoms with Crippen LogP contribution >= 0.6 is 0 Å². The van der Waals surface area contributed by atoms with E-state index in [4.69, 9.17) is 0 Å². The highest BCUT2D eigenvalue weighted by Crippen LogP contribution is 2.54. The average molecular weight is 313 g/mol. The van der Waals surface area contributed by atoms with E-state index in [2.05, 4.69) is 4.28 Å². The average Bonchev–Trinajstić information content (AvgIpc) is 2.97. The van der Waals surface area contributed by atoms with Crippen LogP contribution in [-0.4, -0.2) is 36.2 Å². The summed E-state index contributed by atoms with van der Waals surface area (Å²) in [6, 6.07) is 0. The maximum absolute atomic E-state index is 12.3. The molecule has 0 aromatic heterocycles. The fourth-order valence-corrected chi connectivity index (χ4v) is 3.73. The molecule has 5 unspecified atom stereocenters. The summed E-state index contributed by atoms with van der Waals surface area (Å²) in [5.74, 6) is -2.60. The largest absolute Gasteiger partial charge is 0.525 e. The van der Waals surface area contributed by atoms with Crippen LogP contribution < -0.4 is 0 Å². The van der Waals surface area contributed by atoms with Crippen molar-refractivity contribution in [3.63, 3.8) is 0 Å². The van der Waals surface area contributed by atoms with Crippen molar-refractivity contribution in [2.24, 2.45) is 23.7 Å². The van der Waals surface area contributed by atoms with Gasteiger partial charge in [-0.15, -0.1) is 4.28 Å². The zero-order chi connectivity index (χ0) is 14.9. The summed E-state index contributed by atoms with van der Waals surface area (Å²) >= 11 is 0. The smallest absolute Gasteiger partial charge is 0.371 e. The number of allylic oxidation sites excluding steroid dienone is 2. The molecule has 3 aliphatic rings. The van der Waals surface area contributed by atoms with Gasteiger partial charge in [-0.05, 0) is 18.3 Å². The van der Waals surface area contributed by atoms with Gasteiger partial charge in [0.25, 0.3) is 5.91 Å². The van der Waals surface area contributed by atoms with Crippen molar-refractivity contribution in [2.45, 2.75) is 18.2 Å². The van der Waals surface area contributed by atoms with Crippen molar-refractivity contribution in [1.82, 2.24) is 5.06 Å². The van der Waals surface area contributed by atoms with Gasteiger partial charge < -0.3 is 5.11 Å². The van der Waals surface area contributed by atoms with Gasteiger partial charge in [0.1, 0.15) is 0 Å². The summed E-state index contributed by atoms with van der Waals surface area (Å²) in [7, 11) is -5.97. The molecule has 1 saturated heterocycles. The molecule has 2 bridgehead atoms. The Morgan fingerprint density at radius 1 is 1.30 bits per heavy atom. The van der Waals surface area contributed by atoms with Crippen molar-refractivity contribution in [3.8, 4) is 0 Å². The first-order chi connectivity index (χ1) is 9.13. The van der Waals surface area contributed by atoms with Gasteiger partial charge >= 0.3 is 15.6 Å². The van der Waals surface area contributed by atoms with Crippen molar-refractivity contribution in [3.05, 3.63) is 12.2 Å². The minimum absolute atomic E-state index is 0.0513. The Kier molecular flexibility index (Phi) is 2.73. The van der Waals surface area contributed by atoms with Gasteiger partial charge in [0, 0.05) is 5.92 Å². The molecule has 1 aliphatic heterocycles. The summed E-state index contributed by atoms with van der Waals surface area (Å²) in [5, 5.41) is 9.84. The number of alkyl halides is 3. The van der Waals surface area contributed by atoms with Crippen LogP contribution in [-0.2, 0) is 19.2 Å². The van der Waals surface area contributed by atoms with E-state index in [1.54, 1.807) is 12.2 Å². The standard InChI is InChI=1S/C10H10F3NO5S/c11-10(12,13)20(17,18)19-14-8(15)6-4-1-2-5(3-4)7(6)9(14)16/h1-2,4-8,15H,3H2. The normalized spacial score (nSPS) is 39.7. The Morgan fingerprint density at radius 2 is 1.90 bits per heavy atom. The first-order valence-electron chi connectivity index (χ1n) is 5.84. The zero-order valence-corrected chi connectivity index (χ0v) is 10.6. The predicted octanol–water partition coefficient (Wildman–Crippen LogP) is 0.367. The molecule has 2 aliphatic carbocycles. The Hall–Kier alpha value is -1.13. The van der Waals surface area contributed by atoms with Gasteiger partial charge in [-0.3, -0.25) is 4.79 Å². The van der Waals surface area contributed by atoms with Crippen molar-refractivity contribution in [1.29, 1.82) is 0 Å². The lowest BCUT2D eigenvalue weighted by Crippen LogP contribution is -2.41. The molecule has 1 amide bonds. The number of hydroxylamine groups is 2. The second-order valence-corrected chi connectivity index (χ2v) is 6.62. The van der Waals surface area contributed by atoms with E-state index in [0.717, 1.165) is 0 Å². The molecule has 5 atom stereocenters. The molecule has 112 valence electrons. The van der Waals surface area contributed by atoms with E-state index in [1.165, 1.54) is 0 Å². The molecular weight excluding hydrogens is 303 g/mol. The number of aliphatic hydroxyl groups is 1. The van der Waals surface area contributed by atoms with Crippen LogP contribution in [0.2, 0.25) is 0 Å². The number of halogens is 3. The van der Waals surface area contributed by atoms with E-state index in [-0.39, 0.29) is 16.9 Å². The van der Waals surface area contributed by atoms with Gasteiger partial charge in [-0.1, -0.05) is 12.2 Å². The topological polar surface area (TPSA) is 83.9 Å². The Morgan fingerprint density at radius 3 is 2.45 bits per heavy atom. The van der Waals surface area contributed by atoms with Crippen molar-refractivity contribution < 1.29 is 35.8 Å². The lowest BCUT2D eigenvalue weighted by atomic mass is 9.85. The van der Waals surface area contributed by atoms with Gasteiger partial charge in [-0.25, -0.2) is 0 Å². The molecule has 6 nitrogen and oxygen atoms in total. The van der Waals surface area contributed by atoms with E-state index in [1.807, 2.05) is 0 Å². The molecule has 1 N–H and O–H groups in total. The summed E-state index contributed by atoms with van der Waals surface area (Å²) < 4.78 is 62.4. The molecule has 20 heavy (non-hydrogen) atoms. The van der Waals surface area contributed by atoms with E-state index in [9.17, 15) is 31.5 Å². The van der Waals surface area contributed by atoms with Crippen LogP contribution in [0.5, 0.6) is 0 Å². The van der Waals surface area contributed by atoms with Gasteiger partial charge in [0.15, 0.2) is 6.23 Å². The summed E-state index contributed by atoms with van der Waals surface area (Å²) in [6.45, 7) is 0. The fourth-order valence-electron chi connectivity index (χ4n) is 3.28. The van der Waals surface area contributed by atoms with E-state index < -0.39 is 39.6 Å². The predicted molar refractivity (Wildman–Crippen MR) is 56.6 cm³/mol. The number of nitrogens with zero attached hydrogens (tertiary/aromatic N) is 1. The molecule has 2 fully saturated rings. The molecule has 0 aromatic carbocycles. The Bertz CT molecular complexity index is 586. The van der Waals surface area contributed by atoms with Gasteiger partial charge in [-0.2, -0.15) is 26.7 Å². The number of amides is 1. The molecule has 0 spiro atoms. The second kappa shape index (κ2) is 3.95. The number of aliphatic hydroxyl groups excluding tert-OH is 1. The maximum atomic E-state index is 12.3. The van der Waals surface area contributed by atoms with Gasteiger partial charge in [0.05, 0.1) is 5.92 Å². The number of hydrogen-bond acceptors (Lipinski definition) is 5. The highest BCUT2D eigenvalue weighted by molar-refractivity contribution is 7.87. The number of rotatable bonds is 2. The van der Waals surface area contributed by atoms with Crippen LogP contribution in [0.4, 0.5) is 13.2 Å². The van der Waals surface area contributed by atoms with Crippen LogP contribution in [0.25, 0.3) is 0 Å². The summed E-state index contributed by atoms with van der Waals surface area (Å²) in [5.41, 5.74) is -5.65. The maximum Gasteiger partial charge on any atom is 0.525 e. The minimum atomic E-state index is -5.97. The lowest BCUT2D eigenvalue weighted by Gasteiger charge is -2.23. The SMILES string of the molecule is O=C1C2C3C=CC(C3)C2C(O)N1OS(=O)(=O)C(F)(F)F. The third-order valence-corrected chi connectivity index (χ3v) is 4.99. The molecular formula is C10H10F3NO5S. The summed E-state index contributed by atoms with van der Waals surface area (Å²) in [4.78, 5) is 12.0. The first-order valence-corrected chi connectivity index (χ1v) is 7.24. The minimum Gasteiger partial charge on any atom is -0.371 e. The molecule has 1 heterocycles. The van der Waals surface area contributed by atoms with Crippen molar-refractivity contribution >= 4 is 16.0 Å². The molecule has 3 rings (SSSR count). The number of carbonyl (C=O) groups excluding carboxylic acids is 1. The second-order valence-electron chi connectivity index (χ2n) is 5.10. The zero-order valence-electron chi connectivity index (χ0n) is 9.82. The van der Waals surface area contributed by atoms with E-state index >= 15 is 0 Å².